The number of nitrogens with zero attached hydrogens (tertiary/aromatic N) is 2. The first-order valence-corrected chi connectivity index (χ1v) is 6.03. The molecule has 1 aromatic rings. The van der Waals surface area contributed by atoms with Gasteiger partial charge in [-0.25, -0.2) is 0 Å². The van der Waals surface area contributed by atoms with Gasteiger partial charge < -0.3 is 0 Å². The third-order valence-corrected chi connectivity index (χ3v) is 1.65. The fraction of sp³-hybridized carbons (Fsp3) is 0.333. The summed E-state index contributed by atoms with van der Waals surface area (Å²) in [4.78, 5) is 0. The largest absolute Gasteiger partial charge is 0.159 e. The molecule has 0 heterocycles. The van der Waals surface area contributed by atoms with Crippen molar-refractivity contribution in [2.75, 3.05) is 0 Å². The second-order valence-corrected chi connectivity index (χ2v) is 2.66. The highest BCUT2D eigenvalue weighted by molar-refractivity contribution is 5.63. The summed E-state index contributed by atoms with van der Waals surface area (Å²) in [6.07, 6.45) is 3.18. The Morgan fingerprint density at radius 3 is 2.12 bits per heavy atom. The maximum atomic E-state index is 3.97. The number of aryl methyl sites for hydroxylation is 1. The lowest BCUT2D eigenvalue weighted by atomic mass is 10.1. The predicted octanol–water partition coefficient (Wildman–Crippen LogP) is 5.92. The Labute approximate surface area is 106 Å². The summed E-state index contributed by atoms with van der Waals surface area (Å²) >= 11 is 0. The molecule has 2 nitrogen and oxygen atoms in total. The number of rotatable bonds is 3. The molecule has 0 aliphatic rings. The summed E-state index contributed by atoms with van der Waals surface area (Å²) in [5.41, 5.74) is 3.00. The van der Waals surface area contributed by atoms with Gasteiger partial charge in [0.2, 0.25) is 0 Å². The molecule has 0 saturated heterocycles. The molecular formula is C15H24N2. The topological polar surface area (TPSA) is 24.7 Å². The molecule has 0 spiro atoms. The molecule has 0 atom stereocenters. The molecule has 1 rings (SSSR count). The van der Waals surface area contributed by atoms with Crippen LogP contribution in [0.5, 0.6) is 0 Å². The number of benzene rings is 1. The van der Waals surface area contributed by atoms with Gasteiger partial charge in [-0.2, -0.15) is 10.2 Å². The van der Waals surface area contributed by atoms with Crippen LogP contribution in [0.1, 0.15) is 38.8 Å². The third-order valence-electron chi connectivity index (χ3n) is 1.65. The number of azo groups is 1. The van der Waals surface area contributed by atoms with Gasteiger partial charge in [-0.3, -0.25) is 0 Å². The Bertz CT molecular complexity index is 352. The Balaban J connectivity index is 0. The molecule has 0 aliphatic heterocycles. The van der Waals surface area contributed by atoms with Crippen molar-refractivity contribution in [3.63, 3.8) is 0 Å². The van der Waals surface area contributed by atoms with Crippen molar-refractivity contribution in [1.29, 1.82) is 0 Å². The smallest absolute Gasteiger partial charge is 0.0929 e. The van der Waals surface area contributed by atoms with Crippen molar-refractivity contribution < 1.29 is 0 Å². The zero-order chi connectivity index (χ0) is 13.7. The highest BCUT2D eigenvalue weighted by Gasteiger charge is 1.96. The quantitative estimate of drug-likeness (QED) is 0.578. The van der Waals surface area contributed by atoms with Crippen LogP contribution in [0.4, 0.5) is 5.69 Å². The van der Waals surface area contributed by atoms with Crippen molar-refractivity contribution in [2.24, 2.45) is 10.2 Å². The summed E-state index contributed by atoms with van der Waals surface area (Å²) in [7, 11) is 0. The molecule has 0 N–H and O–H groups in total. The van der Waals surface area contributed by atoms with Crippen molar-refractivity contribution in [1.82, 2.24) is 0 Å². The minimum absolute atomic E-state index is 0.820. The molecule has 17 heavy (non-hydrogen) atoms. The zero-order valence-corrected chi connectivity index (χ0v) is 11.7. The maximum absolute atomic E-state index is 3.97. The van der Waals surface area contributed by atoms with Crippen molar-refractivity contribution >= 4 is 11.8 Å². The van der Waals surface area contributed by atoms with Crippen LogP contribution in [0, 0.1) is 6.92 Å². The van der Waals surface area contributed by atoms with Crippen LogP contribution in [0.25, 0.3) is 6.08 Å². The average molecular weight is 232 g/mol. The first kappa shape index (κ1) is 17.7. The molecule has 0 fully saturated rings. The van der Waals surface area contributed by atoms with Gasteiger partial charge in [0.05, 0.1) is 5.69 Å². The van der Waals surface area contributed by atoms with E-state index in [9.17, 15) is 0 Å². The number of hydrogen-bond donors (Lipinski definition) is 0. The third kappa shape index (κ3) is 7.23. The second kappa shape index (κ2) is 12.4. The second-order valence-electron chi connectivity index (χ2n) is 2.66. The average Bonchev–Trinajstić information content (AvgIpc) is 2.41. The molecule has 0 bridgehead atoms. The van der Waals surface area contributed by atoms with E-state index >= 15 is 0 Å². The molecule has 0 saturated carbocycles. The van der Waals surface area contributed by atoms with Crippen molar-refractivity contribution in [3.05, 3.63) is 48.7 Å². The van der Waals surface area contributed by atoms with Gasteiger partial charge >= 0.3 is 0 Å². The number of hydrogen-bond acceptors (Lipinski definition) is 2. The van der Waals surface area contributed by atoms with Crippen LogP contribution in [0.3, 0.4) is 0 Å². The van der Waals surface area contributed by atoms with Gasteiger partial charge in [0.25, 0.3) is 0 Å². The normalized spacial score (nSPS) is 8.53. The van der Waals surface area contributed by atoms with E-state index < -0.39 is 0 Å². The molecule has 94 valence electrons. The molecule has 0 aromatic heterocycles. The minimum Gasteiger partial charge on any atom is -0.159 e. The summed E-state index contributed by atoms with van der Waals surface area (Å²) in [5, 5.41) is 7.69. The highest BCUT2D eigenvalue weighted by Crippen LogP contribution is 2.21. The Morgan fingerprint density at radius 1 is 1.06 bits per heavy atom. The molecule has 0 amide bonds. The van der Waals surface area contributed by atoms with E-state index in [0.717, 1.165) is 11.3 Å². The fourth-order valence-electron chi connectivity index (χ4n) is 1.03. The lowest BCUT2D eigenvalue weighted by Gasteiger charge is -1.99. The van der Waals surface area contributed by atoms with Crippen LogP contribution in [0.15, 0.2) is 47.8 Å². The summed E-state index contributed by atoms with van der Waals surface area (Å²) in [6, 6.07) is 5.92. The monoisotopic (exact) mass is 232 g/mol. The SMILES string of the molecule is C=CN=Nc1ccc(C)cc1C=C.CC.CC. The van der Waals surface area contributed by atoms with Gasteiger partial charge in [-0.15, -0.1) is 0 Å². The Hall–Kier alpha value is -1.70. The van der Waals surface area contributed by atoms with Crippen molar-refractivity contribution in [2.45, 2.75) is 34.6 Å². The van der Waals surface area contributed by atoms with E-state index in [2.05, 4.69) is 23.4 Å². The molecule has 0 unspecified atom stereocenters. The fourth-order valence-corrected chi connectivity index (χ4v) is 1.03. The van der Waals surface area contributed by atoms with Crippen LogP contribution < -0.4 is 0 Å². The van der Waals surface area contributed by atoms with E-state index in [-0.39, 0.29) is 0 Å². The first-order chi connectivity index (χ1) is 8.27. The van der Waals surface area contributed by atoms with E-state index in [1.807, 2.05) is 52.8 Å². The van der Waals surface area contributed by atoms with Crippen LogP contribution in [0.2, 0.25) is 0 Å². The van der Waals surface area contributed by atoms with Crippen LogP contribution in [-0.2, 0) is 0 Å². The first-order valence-electron chi connectivity index (χ1n) is 6.03. The van der Waals surface area contributed by atoms with E-state index in [4.69, 9.17) is 0 Å². The van der Waals surface area contributed by atoms with E-state index in [1.165, 1.54) is 11.8 Å². The summed E-state index contributed by atoms with van der Waals surface area (Å²) in [5.74, 6) is 0. The zero-order valence-electron chi connectivity index (χ0n) is 11.7. The lowest BCUT2D eigenvalue weighted by Crippen LogP contribution is -1.76. The van der Waals surface area contributed by atoms with Gasteiger partial charge in [-0.1, -0.05) is 58.6 Å². The summed E-state index contributed by atoms with van der Waals surface area (Å²) < 4.78 is 0. The Morgan fingerprint density at radius 2 is 1.65 bits per heavy atom. The van der Waals surface area contributed by atoms with Crippen LogP contribution >= 0.6 is 0 Å². The maximum Gasteiger partial charge on any atom is 0.0929 e. The van der Waals surface area contributed by atoms with Crippen molar-refractivity contribution in [3.8, 4) is 0 Å². The van der Waals surface area contributed by atoms with Gasteiger partial charge in [0.15, 0.2) is 0 Å². The van der Waals surface area contributed by atoms with E-state index in [0.29, 0.717) is 0 Å². The predicted molar refractivity (Wildman–Crippen MR) is 78.7 cm³/mol. The standard InChI is InChI=1S/C11H12N2.2C2H6/c1-4-10-8-9(3)6-7-11(10)13-12-5-2;2*1-2/h4-8H,1-2H2,3H3;2*1-2H3. The van der Waals surface area contributed by atoms with Gasteiger partial charge in [0.1, 0.15) is 0 Å². The Kier molecular flexibility index (Phi) is 12.9. The minimum atomic E-state index is 0.820. The molecule has 0 radical (unpaired) electrons. The molecule has 2 heteroatoms. The van der Waals surface area contributed by atoms with Gasteiger partial charge in [0, 0.05) is 11.8 Å². The lowest BCUT2D eigenvalue weighted by molar-refractivity contribution is 1.22. The molecular weight excluding hydrogens is 208 g/mol. The molecule has 1 aromatic carbocycles. The summed E-state index contributed by atoms with van der Waals surface area (Å²) in [6.45, 7) is 17.2. The van der Waals surface area contributed by atoms with Gasteiger partial charge in [-0.05, 0) is 19.1 Å². The van der Waals surface area contributed by atoms with E-state index in [1.54, 1.807) is 6.08 Å². The van der Waals surface area contributed by atoms with Crippen LogP contribution in [-0.4, -0.2) is 0 Å². The highest BCUT2D eigenvalue weighted by atomic mass is 15.1. The molecule has 0 aliphatic carbocycles.